The molecular weight excluding hydrogens is 410 g/mol. The number of hydrogen-bond donors (Lipinski definition) is 3. The molecule has 1 aliphatic heterocycles. The van der Waals surface area contributed by atoms with Crippen molar-refractivity contribution >= 4 is 23.5 Å². The summed E-state index contributed by atoms with van der Waals surface area (Å²) in [6, 6.07) is 4.20. The standard InChI is InChI=1S/C20H29N3O8/c1-28-17-3-2-15(14-16(17)23-6-4-18(25)22-20(23)27)19(26)21-5-8-29-10-12-31-13-11-30-9-7-24/h2-3,14,24H,4-13H2,1H3,(H,21,26)(H,22,25,27). The second kappa shape index (κ2) is 13.5. The Bertz CT molecular complexity index is 743. The average molecular weight is 439 g/mol. The van der Waals surface area contributed by atoms with Crippen molar-refractivity contribution in [3.05, 3.63) is 23.8 Å². The van der Waals surface area contributed by atoms with E-state index in [4.69, 9.17) is 24.1 Å². The number of urea groups is 1. The van der Waals surface area contributed by atoms with Gasteiger partial charge in [0.15, 0.2) is 0 Å². The minimum absolute atomic E-state index is 0.0126. The van der Waals surface area contributed by atoms with Gasteiger partial charge in [0.05, 0.1) is 59.0 Å². The van der Waals surface area contributed by atoms with E-state index in [1.807, 2.05) is 0 Å². The van der Waals surface area contributed by atoms with E-state index >= 15 is 0 Å². The van der Waals surface area contributed by atoms with Crippen LogP contribution in [0.4, 0.5) is 10.5 Å². The normalized spacial score (nSPS) is 13.8. The van der Waals surface area contributed by atoms with Gasteiger partial charge >= 0.3 is 6.03 Å². The Morgan fingerprint density at radius 1 is 1.10 bits per heavy atom. The number of benzene rings is 1. The zero-order valence-electron chi connectivity index (χ0n) is 17.6. The fourth-order valence-corrected chi connectivity index (χ4v) is 2.78. The zero-order valence-corrected chi connectivity index (χ0v) is 17.6. The third-order valence-corrected chi connectivity index (χ3v) is 4.30. The molecule has 1 heterocycles. The van der Waals surface area contributed by atoms with Crippen LogP contribution in [0.15, 0.2) is 18.2 Å². The number of aliphatic hydroxyl groups is 1. The molecule has 0 unspecified atom stereocenters. The second-order valence-electron chi connectivity index (χ2n) is 6.46. The Morgan fingerprint density at radius 3 is 2.42 bits per heavy atom. The van der Waals surface area contributed by atoms with Gasteiger partial charge in [0, 0.05) is 25.1 Å². The van der Waals surface area contributed by atoms with E-state index in [0.29, 0.717) is 63.2 Å². The number of amides is 4. The number of anilines is 1. The molecule has 1 aliphatic rings. The summed E-state index contributed by atoms with van der Waals surface area (Å²) in [7, 11) is 1.47. The Hall–Kier alpha value is -2.73. The summed E-state index contributed by atoms with van der Waals surface area (Å²) in [5, 5.41) is 13.6. The van der Waals surface area contributed by atoms with Gasteiger partial charge in [0.2, 0.25) is 5.91 Å². The van der Waals surface area contributed by atoms with Gasteiger partial charge < -0.3 is 29.4 Å². The van der Waals surface area contributed by atoms with E-state index in [0.717, 1.165) is 0 Å². The number of imide groups is 1. The highest BCUT2D eigenvalue weighted by atomic mass is 16.5. The minimum atomic E-state index is -0.553. The molecule has 0 saturated carbocycles. The van der Waals surface area contributed by atoms with E-state index in [1.54, 1.807) is 18.2 Å². The topological polar surface area (TPSA) is 136 Å². The van der Waals surface area contributed by atoms with Crippen molar-refractivity contribution in [3.63, 3.8) is 0 Å². The Labute approximate surface area is 180 Å². The Kier molecular flexibility index (Phi) is 10.7. The van der Waals surface area contributed by atoms with Crippen molar-refractivity contribution < 1.29 is 38.4 Å². The van der Waals surface area contributed by atoms with Crippen LogP contribution in [0.3, 0.4) is 0 Å². The highest BCUT2D eigenvalue weighted by Crippen LogP contribution is 2.30. The number of nitrogens with one attached hydrogen (secondary N) is 2. The molecule has 1 fully saturated rings. The number of ether oxygens (including phenoxy) is 4. The summed E-state index contributed by atoms with van der Waals surface area (Å²) >= 11 is 0. The van der Waals surface area contributed by atoms with Crippen LogP contribution in [0, 0.1) is 0 Å². The molecule has 0 bridgehead atoms. The van der Waals surface area contributed by atoms with E-state index < -0.39 is 6.03 Å². The summed E-state index contributed by atoms with van der Waals surface area (Å²) in [5.74, 6) is -0.237. The summed E-state index contributed by atoms with van der Waals surface area (Å²) < 4.78 is 21.0. The third-order valence-electron chi connectivity index (χ3n) is 4.30. The van der Waals surface area contributed by atoms with Crippen LogP contribution >= 0.6 is 0 Å². The SMILES string of the molecule is COc1ccc(C(=O)NCCOCCOCCOCCO)cc1N1CCC(=O)NC1=O. The molecule has 1 aromatic carbocycles. The largest absolute Gasteiger partial charge is 0.495 e. The smallest absolute Gasteiger partial charge is 0.328 e. The van der Waals surface area contributed by atoms with Crippen molar-refractivity contribution in [1.82, 2.24) is 10.6 Å². The molecule has 4 amide bonds. The first kappa shape index (κ1) is 24.5. The molecule has 3 N–H and O–H groups in total. The van der Waals surface area contributed by atoms with Gasteiger partial charge in [-0.3, -0.25) is 19.8 Å². The summed E-state index contributed by atoms with van der Waals surface area (Å²) in [4.78, 5) is 37.3. The molecular formula is C20H29N3O8. The van der Waals surface area contributed by atoms with E-state index in [1.165, 1.54) is 12.0 Å². The number of methoxy groups -OCH3 is 1. The quantitative estimate of drug-likeness (QED) is 0.342. The zero-order chi connectivity index (χ0) is 22.5. The number of carbonyl (C=O) groups excluding carboxylic acids is 3. The van der Waals surface area contributed by atoms with Gasteiger partial charge in [-0.15, -0.1) is 0 Å². The molecule has 0 radical (unpaired) electrons. The molecule has 0 spiro atoms. The fourth-order valence-electron chi connectivity index (χ4n) is 2.78. The van der Waals surface area contributed by atoms with Gasteiger partial charge in [-0.1, -0.05) is 0 Å². The van der Waals surface area contributed by atoms with Gasteiger partial charge in [-0.25, -0.2) is 4.79 Å². The monoisotopic (exact) mass is 439 g/mol. The Morgan fingerprint density at radius 2 is 1.77 bits per heavy atom. The first-order chi connectivity index (χ1) is 15.1. The molecule has 0 atom stereocenters. The third kappa shape index (κ3) is 8.13. The van der Waals surface area contributed by atoms with E-state index in [2.05, 4.69) is 10.6 Å². The molecule has 1 saturated heterocycles. The Balaban J connectivity index is 1.74. The predicted octanol–water partition coefficient (Wildman–Crippen LogP) is -0.0866. The van der Waals surface area contributed by atoms with Crippen LogP contribution in [0.2, 0.25) is 0 Å². The minimum Gasteiger partial charge on any atom is -0.495 e. The summed E-state index contributed by atoms with van der Waals surface area (Å²) in [6.45, 7) is 2.72. The lowest BCUT2D eigenvalue weighted by atomic mass is 10.1. The molecule has 0 aromatic heterocycles. The maximum atomic E-state index is 12.4. The first-order valence-corrected chi connectivity index (χ1v) is 9.98. The van der Waals surface area contributed by atoms with Crippen molar-refractivity contribution in [1.29, 1.82) is 0 Å². The molecule has 172 valence electrons. The predicted molar refractivity (Wildman–Crippen MR) is 110 cm³/mol. The molecule has 1 aromatic rings. The molecule has 11 nitrogen and oxygen atoms in total. The lowest BCUT2D eigenvalue weighted by Crippen LogP contribution is -2.49. The number of hydrogen-bond acceptors (Lipinski definition) is 8. The van der Waals surface area contributed by atoms with Crippen molar-refractivity contribution in [2.75, 3.05) is 71.3 Å². The number of rotatable bonds is 14. The van der Waals surface area contributed by atoms with Crippen LogP contribution in [0.1, 0.15) is 16.8 Å². The summed E-state index contributed by atoms with van der Waals surface area (Å²) in [6.07, 6.45) is 0.169. The number of aliphatic hydroxyl groups excluding tert-OH is 1. The van der Waals surface area contributed by atoms with Crippen molar-refractivity contribution in [3.8, 4) is 5.75 Å². The average Bonchev–Trinajstić information content (AvgIpc) is 2.77. The molecule has 11 heteroatoms. The van der Waals surface area contributed by atoms with Crippen molar-refractivity contribution in [2.45, 2.75) is 6.42 Å². The van der Waals surface area contributed by atoms with Gasteiger partial charge in [-0.2, -0.15) is 0 Å². The second-order valence-corrected chi connectivity index (χ2v) is 6.46. The highest BCUT2D eigenvalue weighted by Gasteiger charge is 2.27. The highest BCUT2D eigenvalue weighted by molar-refractivity contribution is 6.07. The summed E-state index contributed by atoms with van der Waals surface area (Å²) in [5.41, 5.74) is 0.767. The van der Waals surface area contributed by atoms with Gasteiger partial charge in [0.1, 0.15) is 5.75 Å². The van der Waals surface area contributed by atoms with Crippen LogP contribution in [0.5, 0.6) is 5.75 Å². The van der Waals surface area contributed by atoms with Crippen LogP contribution in [-0.4, -0.2) is 89.4 Å². The maximum absolute atomic E-state index is 12.4. The van der Waals surface area contributed by atoms with Crippen LogP contribution in [-0.2, 0) is 19.0 Å². The number of nitrogens with zero attached hydrogens (tertiary/aromatic N) is 1. The van der Waals surface area contributed by atoms with E-state index in [-0.39, 0.29) is 31.4 Å². The first-order valence-electron chi connectivity index (χ1n) is 9.98. The maximum Gasteiger partial charge on any atom is 0.328 e. The lowest BCUT2D eigenvalue weighted by Gasteiger charge is -2.28. The van der Waals surface area contributed by atoms with Crippen LogP contribution in [0.25, 0.3) is 0 Å². The van der Waals surface area contributed by atoms with Crippen LogP contribution < -0.4 is 20.3 Å². The molecule has 2 rings (SSSR count). The molecule has 0 aliphatic carbocycles. The lowest BCUT2D eigenvalue weighted by molar-refractivity contribution is -0.120. The van der Waals surface area contributed by atoms with Crippen molar-refractivity contribution in [2.24, 2.45) is 0 Å². The van der Waals surface area contributed by atoms with Gasteiger partial charge in [-0.05, 0) is 18.2 Å². The molecule has 31 heavy (non-hydrogen) atoms. The fraction of sp³-hybridized carbons (Fsp3) is 0.550. The van der Waals surface area contributed by atoms with E-state index in [9.17, 15) is 14.4 Å². The van der Waals surface area contributed by atoms with Gasteiger partial charge in [0.25, 0.3) is 5.91 Å². The number of carbonyl (C=O) groups is 3.